The molecule has 6 heteroatoms. The summed E-state index contributed by atoms with van der Waals surface area (Å²) in [7, 11) is -2.99. The number of hydrogen-bond acceptors (Lipinski definition) is 4. The predicted octanol–water partition coefficient (Wildman–Crippen LogP) is 1.43. The second-order valence-electron chi connectivity index (χ2n) is 5.24. The summed E-state index contributed by atoms with van der Waals surface area (Å²) in [6.45, 7) is 4.42. The molecule has 2 heterocycles. The Morgan fingerprint density at radius 3 is 2.70 bits per heavy atom. The second-order valence-corrected chi connectivity index (χ2v) is 7.47. The Kier molecular flexibility index (Phi) is 4.42. The Morgan fingerprint density at radius 2 is 2.20 bits per heavy atom. The van der Waals surface area contributed by atoms with E-state index in [1.165, 1.54) is 0 Å². The van der Waals surface area contributed by atoms with Crippen molar-refractivity contribution in [3.8, 4) is 0 Å². The minimum atomic E-state index is -2.99. The molecule has 1 aliphatic rings. The van der Waals surface area contributed by atoms with E-state index in [2.05, 4.69) is 4.98 Å². The van der Waals surface area contributed by atoms with Crippen LogP contribution in [0.4, 0.5) is 0 Å². The average molecular weight is 296 g/mol. The number of rotatable bonds is 4. The zero-order valence-electron chi connectivity index (χ0n) is 11.9. The number of sulfone groups is 1. The van der Waals surface area contributed by atoms with Crippen LogP contribution in [0.5, 0.6) is 0 Å². The molecule has 0 unspecified atom stereocenters. The van der Waals surface area contributed by atoms with Crippen molar-refractivity contribution in [2.24, 2.45) is 0 Å². The van der Waals surface area contributed by atoms with Gasteiger partial charge in [-0.2, -0.15) is 0 Å². The lowest BCUT2D eigenvalue weighted by Gasteiger charge is -2.27. The SMILES string of the molecule is CCCN(C(=O)c1ccc(C)nc1)[C@@H]1CCS(=O)(=O)C1. The molecular weight excluding hydrogens is 276 g/mol. The molecule has 1 aromatic heterocycles. The minimum Gasteiger partial charge on any atom is -0.335 e. The molecule has 0 bridgehead atoms. The fraction of sp³-hybridized carbons (Fsp3) is 0.571. The van der Waals surface area contributed by atoms with Gasteiger partial charge in [0.2, 0.25) is 0 Å². The van der Waals surface area contributed by atoms with Crippen molar-refractivity contribution in [2.45, 2.75) is 32.7 Å². The first-order valence-electron chi connectivity index (χ1n) is 6.87. The van der Waals surface area contributed by atoms with Crippen molar-refractivity contribution in [3.63, 3.8) is 0 Å². The highest BCUT2D eigenvalue weighted by atomic mass is 32.2. The summed E-state index contributed by atoms with van der Waals surface area (Å²) in [5.74, 6) is 0.136. The quantitative estimate of drug-likeness (QED) is 0.843. The summed E-state index contributed by atoms with van der Waals surface area (Å²) >= 11 is 0. The van der Waals surface area contributed by atoms with Crippen LogP contribution in [0, 0.1) is 6.92 Å². The van der Waals surface area contributed by atoms with Crippen LogP contribution in [0.1, 0.15) is 35.8 Å². The van der Waals surface area contributed by atoms with Crippen molar-refractivity contribution in [1.82, 2.24) is 9.88 Å². The van der Waals surface area contributed by atoms with E-state index in [0.717, 1.165) is 12.1 Å². The van der Waals surface area contributed by atoms with Gasteiger partial charge in [-0.1, -0.05) is 6.92 Å². The third-order valence-electron chi connectivity index (χ3n) is 3.53. The first-order valence-corrected chi connectivity index (χ1v) is 8.69. The fourth-order valence-corrected chi connectivity index (χ4v) is 4.20. The monoisotopic (exact) mass is 296 g/mol. The number of aryl methyl sites for hydroxylation is 1. The molecule has 1 atom stereocenters. The molecule has 1 saturated heterocycles. The minimum absolute atomic E-state index is 0.0814. The maximum atomic E-state index is 12.5. The van der Waals surface area contributed by atoms with Gasteiger partial charge in [0.15, 0.2) is 9.84 Å². The van der Waals surface area contributed by atoms with E-state index in [-0.39, 0.29) is 23.5 Å². The molecule has 0 N–H and O–H groups in total. The van der Waals surface area contributed by atoms with Crippen LogP contribution >= 0.6 is 0 Å². The maximum Gasteiger partial charge on any atom is 0.255 e. The molecule has 110 valence electrons. The van der Waals surface area contributed by atoms with E-state index >= 15 is 0 Å². The topological polar surface area (TPSA) is 67.3 Å². The molecule has 20 heavy (non-hydrogen) atoms. The standard InChI is InChI=1S/C14H20N2O3S/c1-3-7-16(13-6-8-20(18,19)10-13)14(17)12-5-4-11(2)15-9-12/h4-5,9,13H,3,6-8,10H2,1-2H3/t13-/m1/s1. The van der Waals surface area contributed by atoms with Gasteiger partial charge in [-0.15, -0.1) is 0 Å². The van der Waals surface area contributed by atoms with Gasteiger partial charge in [0.25, 0.3) is 5.91 Å². The number of carbonyl (C=O) groups is 1. The lowest BCUT2D eigenvalue weighted by Crippen LogP contribution is -2.41. The Morgan fingerprint density at radius 1 is 1.45 bits per heavy atom. The van der Waals surface area contributed by atoms with Crippen LogP contribution in [0.25, 0.3) is 0 Å². The van der Waals surface area contributed by atoms with Crippen molar-refractivity contribution in [1.29, 1.82) is 0 Å². The van der Waals surface area contributed by atoms with Crippen LogP contribution in [0.3, 0.4) is 0 Å². The smallest absolute Gasteiger partial charge is 0.255 e. The largest absolute Gasteiger partial charge is 0.335 e. The first kappa shape index (κ1) is 15.0. The van der Waals surface area contributed by atoms with Crippen LogP contribution < -0.4 is 0 Å². The molecule has 1 aromatic rings. The van der Waals surface area contributed by atoms with E-state index in [0.29, 0.717) is 18.5 Å². The summed E-state index contributed by atoms with van der Waals surface area (Å²) < 4.78 is 23.2. The summed E-state index contributed by atoms with van der Waals surface area (Å²) in [5, 5.41) is 0. The lowest BCUT2D eigenvalue weighted by atomic mass is 10.1. The zero-order chi connectivity index (χ0) is 14.8. The predicted molar refractivity (Wildman–Crippen MR) is 77.4 cm³/mol. The van der Waals surface area contributed by atoms with Crippen LogP contribution in [0.2, 0.25) is 0 Å². The Bertz CT molecular complexity index is 581. The van der Waals surface area contributed by atoms with Gasteiger partial charge in [0.05, 0.1) is 17.1 Å². The molecule has 1 fully saturated rings. The van der Waals surface area contributed by atoms with E-state index in [9.17, 15) is 13.2 Å². The lowest BCUT2D eigenvalue weighted by molar-refractivity contribution is 0.0696. The molecule has 0 aliphatic carbocycles. The van der Waals surface area contributed by atoms with Gasteiger partial charge < -0.3 is 4.90 Å². The van der Waals surface area contributed by atoms with Gasteiger partial charge in [0.1, 0.15) is 0 Å². The Hall–Kier alpha value is -1.43. The van der Waals surface area contributed by atoms with Gasteiger partial charge in [0, 0.05) is 24.5 Å². The van der Waals surface area contributed by atoms with Gasteiger partial charge >= 0.3 is 0 Å². The number of aromatic nitrogens is 1. The van der Waals surface area contributed by atoms with Gasteiger partial charge in [-0.3, -0.25) is 9.78 Å². The summed E-state index contributed by atoms with van der Waals surface area (Å²) in [5.41, 5.74) is 1.38. The van der Waals surface area contributed by atoms with E-state index in [1.807, 2.05) is 13.8 Å². The van der Waals surface area contributed by atoms with E-state index < -0.39 is 9.84 Å². The fourth-order valence-electron chi connectivity index (χ4n) is 2.47. The molecule has 1 amide bonds. The van der Waals surface area contributed by atoms with Crippen molar-refractivity contribution in [3.05, 3.63) is 29.6 Å². The first-order chi connectivity index (χ1) is 9.43. The van der Waals surface area contributed by atoms with Crippen LogP contribution in [0.15, 0.2) is 18.3 Å². The molecule has 5 nitrogen and oxygen atoms in total. The number of hydrogen-bond donors (Lipinski definition) is 0. The molecular formula is C14H20N2O3S. The molecule has 0 spiro atoms. The van der Waals surface area contributed by atoms with Crippen molar-refractivity contribution < 1.29 is 13.2 Å². The molecule has 2 rings (SSSR count). The van der Waals surface area contributed by atoms with Crippen molar-refractivity contribution in [2.75, 3.05) is 18.1 Å². The summed E-state index contributed by atoms with van der Waals surface area (Å²) in [6.07, 6.45) is 2.90. The van der Waals surface area contributed by atoms with Gasteiger partial charge in [-0.05, 0) is 31.9 Å². The highest BCUT2D eigenvalue weighted by Crippen LogP contribution is 2.20. The van der Waals surface area contributed by atoms with E-state index in [4.69, 9.17) is 0 Å². The van der Waals surface area contributed by atoms with Crippen LogP contribution in [-0.4, -0.2) is 48.3 Å². The Balaban J connectivity index is 2.20. The number of pyridine rings is 1. The number of amides is 1. The third kappa shape index (κ3) is 3.36. The molecule has 0 radical (unpaired) electrons. The Labute approximate surface area is 119 Å². The highest BCUT2D eigenvalue weighted by molar-refractivity contribution is 7.91. The highest BCUT2D eigenvalue weighted by Gasteiger charge is 2.34. The third-order valence-corrected chi connectivity index (χ3v) is 5.28. The summed E-state index contributed by atoms with van der Waals surface area (Å²) in [4.78, 5) is 18.4. The second kappa shape index (κ2) is 5.91. The van der Waals surface area contributed by atoms with Crippen molar-refractivity contribution >= 4 is 15.7 Å². The molecule has 0 saturated carbocycles. The zero-order valence-corrected chi connectivity index (χ0v) is 12.7. The van der Waals surface area contributed by atoms with E-state index in [1.54, 1.807) is 23.2 Å². The molecule has 0 aromatic carbocycles. The average Bonchev–Trinajstić information content (AvgIpc) is 2.76. The van der Waals surface area contributed by atoms with Crippen LogP contribution in [-0.2, 0) is 9.84 Å². The molecule has 1 aliphatic heterocycles. The number of carbonyl (C=O) groups excluding carboxylic acids is 1. The maximum absolute atomic E-state index is 12.5. The summed E-state index contributed by atoms with van der Waals surface area (Å²) in [6, 6.07) is 3.34. The number of nitrogens with zero attached hydrogens (tertiary/aromatic N) is 2. The van der Waals surface area contributed by atoms with Gasteiger partial charge in [-0.25, -0.2) is 8.42 Å². The normalized spacial score (nSPS) is 20.8.